The Balaban J connectivity index is 0.00000208. The van der Waals surface area contributed by atoms with Crippen LogP contribution in [0.5, 0.6) is 5.75 Å². The molecule has 3 aromatic heterocycles. The van der Waals surface area contributed by atoms with Gasteiger partial charge < -0.3 is 14.6 Å². The second-order valence-electron chi connectivity index (χ2n) is 5.20. The van der Waals surface area contributed by atoms with E-state index in [1.165, 1.54) is 0 Å². The molecule has 0 unspecified atom stereocenters. The van der Waals surface area contributed by atoms with E-state index in [2.05, 4.69) is 31.2 Å². The third-order valence-electron chi connectivity index (χ3n) is 3.54. The van der Waals surface area contributed by atoms with Crippen LogP contribution in [0.4, 0.5) is 5.82 Å². The number of pyridine rings is 2. The molecule has 24 heavy (non-hydrogen) atoms. The van der Waals surface area contributed by atoms with Crippen molar-refractivity contribution in [3.63, 3.8) is 0 Å². The van der Waals surface area contributed by atoms with Gasteiger partial charge >= 0.3 is 23.9 Å². The van der Waals surface area contributed by atoms with Crippen molar-refractivity contribution in [1.29, 1.82) is 0 Å². The Kier molecular flexibility index (Phi) is 6.08. The van der Waals surface area contributed by atoms with Crippen molar-refractivity contribution in [1.82, 2.24) is 19.5 Å². The molecule has 3 radical (unpaired) electrons. The van der Waals surface area contributed by atoms with Crippen LogP contribution in [0.3, 0.4) is 0 Å². The Bertz CT molecular complexity index is 881. The Morgan fingerprint density at radius 2 is 2.04 bits per heavy atom. The van der Waals surface area contributed by atoms with Crippen LogP contribution in [0.2, 0.25) is 0 Å². The number of aryl methyl sites for hydroxylation is 2. The molecular weight excluding hydrogens is 477 g/mol. The SMILES string of the molecule is CCOc1cc(Br)c(NC)nc1-c1nc2cc(C)cnc2n1C.[SnH]. The van der Waals surface area contributed by atoms with E-state index in [9.17, 15) is 0 Å². The van der Waals surface area contributed by atoms with Crippen molar-refractivity contribution in [2.45, 2.75) is 13.8 Å². The van der Waals surface area contributed by atoms with Gasteiger partial charge in [-0.2, -0.15) is 0 Å². The van der Waals surface area contributed by atoms with Crippen LogP contribution in [0.15, 0.2) is 22.8 Å². The number of aromatic nitrogens is 4. The molecule has 0 aliphatic heterocycles. The molecule has 0 aliphatic rings. The first kappa shape index (κ1) is 19.0. The molecule has 3 rings (SSSR count). The maximum absolute atomic E-state index is 5.75. The Hall–Kier alpha value is -1.35. The number of hydrogen-bond donors (Lipinski definition) is 1. The van der Waals surface area contributed by atoms with E-state index in [0.29, 0.717) is 18.1 Å². The Labute approximate surface area is 166 Å². The zero-order chi connectivity index (χ0) is 16.6. The van der Waals surface area contributed by atoms with Crippen LogP contribution < -0.4 is 10.1 Å². The Morgan fingerprint density at radius 1 is 1.29 bits per heavy atom. The summed E-state index contributed by atoms with van der Waals surface area (Å²) < 4.78 is 8.54. The van der Waals surface area contributed by atoms with Crippen LogP contribution in [-0.4, -0.2) is 57.1 Å². The molecule has 0 saturated heterocycles. The number of imidazole rings is 1. The minimum atomic E-state index is 0. The molecule has 3 heterocycles. The first-order valence-electron chi connectivity index (χ1n) is 7.35. The average Bonchev–Trinajstić information content (AvgIpc) is 2.84. The van der Waals surface area contributed by atoms with E-state index in [-0.39, 0.29) is 23.9 Å². The molecule has 0 aliphatic carbocycles. The third-order valence-corrected chi connectivity index (χ3v) is 4.14. The van der Waals surface area contributed by atoms with E-state index in [0.717, 1.165) is 32.8 Å². The number of nitrogens with one attached hydrogen (secondary N) is 1. The number of anilines is 1. The summed E-state index contributed by atoms with van der Waals surface area (Å²) in [5, 5.41) is 3.07. The van der Waals surface area contributed by atoms with Gasteiger partial charge in [-0.3, -0.25) is 0 Å². The molecule has 0 bridgehead atoms. The molecule has 8 heteroatoms. The van der Waals surface area contributed by atoms with Gasteiger partial charge in [-0.05, 0) is 41.4 Å². The van der Waals surface area contributed by atoms with Gasteiger partial charge in [0, 0.05) is 26.4 Å². The minimum absolute atomic E-state index is 0. The zero-order valence-corrected chi connectivity index (χ0v) is 19.0. The molecule has 0 amide bonds. The van der Waals surface area contributed by atoms with Crippen molar-refractivity contribution in [2.24, 2.45) is 7.05 Å². The summed E-state index contributed by atoms with van der Waals surface area (Å²) in [6.45, 7) is 4.51. The second-order valence-corrected chi connectivity index (χ2v) is 6.05. The van der Waals surface area contributed by atoms with Crippen molar-refractivity contribution < 1.29 is 4.74 Å². The molecule has 3 aromatic rings. The number of rotatable bonds is 4. The van der Waals surface area contributed by atoms with Gasteiger partial charge in [0.25, 0.3) is 0 Å². The average molecular weight is 496 g/mol. The van der Waals surface area contributed by atoms with Crippen LogP contribution in [0.25, 0.3) is 22.7 Å². The van der Waals surface area contributed by atoms with Gasteiger partial charge in [0.1, 0.15) is 17.1 Å². The topological polar surface area (TPSA) is 64.9 Å². The predicted octanol–water partition coefficient (Wildman–Crippen LogP) is 2.89. The van der Waals surface area contributed by atoms with Crippen LogP contribution >= 0.6 is 15.9 Å². The summed E-state index contributed by atoms with van der Waals surface area (Å²) in [5.74, 6) is 2.15. The summed E-state index contributed by atoms with van der Waals surface area (Å²) in [7, 11) is 3.77. The molecule has 6 nitrogen and oxygen atoms in total. The number of ether oxygens (including phenoxy) is 1. The first-order chi connectivity index (χ1) is 11.0. The fourth-order valence-electron chi connectivity index (χ4n) is 2.46. The quantitative estimate of drug-likeness (QED) is 0.564. The van der Waals surface area contributed by atoms with Crippen molar-refractivity contribution >= 4 is 56.8 Å². The fraction of sp³-hybridized carbons (Fsp3) is 0.312. The van der Waals surface area contributed by atoms with Gasteiger partial charge in [0.2, 0.25) is 0 Å². The van der Waals surface area contributed by atoms with Gasteiger partial charge in [0.15, 0.2) is 17.2 Å². The number of nitrogens with zero attached hydrogens (tertiary/aromatic N) is 4. The monoisotopic (exact) mass is 496 g/mol. The number of halogens is 1. The van der Waals surface area contributed by atoms with Gasteiger partial charge in [-0.1, -0.05) is 0 Å². The van der Waals surface area contributed by atoms with E-state index in [4.69, 9.17) is 9.72 Å². The number of hydrogen-bond acceptors (Lipinski definition) is 5. The van der Waals surface area contributed by atoms with Gasteiger partial charge in [0.05, 0.1) is 11.1 Å². The molecular formula is C16H19BrN5OSn. The van der Waals surface area contributed by atoms with Crippen molar-refractivity contribution in [3.8, 4) is 17.3 Å². The van der Waals surface area contributed by atoms with E-state index in [1.807, 2.05) is 50.8 Å². The molecule has 0 spiro atoms. The summed E-state index contributed by atoms with van der Waals surface area (Å²) in [4.78, 5) is 13.8. The van der Waals surface area contributed by atoms with Crippen LogP contribution in [0, 0.1) is 6.92 Å². The van der Waals surface area contributed by atoms with E-state index < -0.39 is 0 Å². The van der Waals surface area contributed by atoms with Crippen LogP contribution in [0.1, 0.15) is 12.5 Å². The first-order valence-corrected chi connectivity index (χ1v) is 8.15. The normalized spacial score (nSPS) is 10.5. The van der Waals surface area contributed by atoms with Crippen molar-refractivity contribution in [2.75, 3.05) is 19.0 Å². The molecule has 0 saturated carbocycles. The molecule has 0 fully saturated rings. The van der Waals surface area contributed by atoms with Crippen LogP contribution in [-0.2, 0) is 7.05 Å². The second kappa shape index (κ2) is 7.69. The molecule has 1 N–H and O–H groups in total. The van der Waals surface area contributed by atoms with Gasteiger partial charge in [-0.25, -0.2) is 15.0 Å². The number of fused-ring (bicyclic) bond motifs is 1. The molecule has 0 atom stereocenters. The molecule has 0 aromatic carbocycles. The summed E-state index contributed by atoms with van der Waals surface area (Å²) in [5.41, 5.74) is 3.44. The Morgan fingerprint density at radius 3 is 2.71 bits per heavy atom. The summed E-state index contributed by atoms with van der Waals surface area (Å²) >= 11 is 3.50. The van der Waals surface area contributed by atoms with Gasteiger partial charge in [-0.15, -0.1) is 0 Å². The van der Waals surface area contributed by atoms with E-state index >= 15 is 0 Å². The maximum atomic E-state index is 5.75. The van der Waals surface area contributed by atoms with E-state index in [1.54, 1.807) is 0 Å². The third kappa shape index (κ3) is 3.37. The summed E-state index contributed by atoms with van der Waals surface area (Å²) in [6, 6.07) is 3.93. The fourth-order valence-corrected chi connectivity index (χ4v) is 2.96. The standard InChI is InChI=1S/C16H18BrN5O.Sn.H/c1-5-23-12-7-10(17)14(18-3)21-13(12)16-20-11-6-9(2)8-19-15(11)22(16)4;;/h6-8H,5H2,1-4H3,(H,18,21);;. The summed E-state index contributed by atoms with van der Waals surface area (Å²) in [6.07, 6.45) is 1.84. The van der Waals surface area contributed by atoms with Crippen molar-refractivity contribution in [3.05, 3.63) is 28.4 Å². The zero-order valence-electron chi connectivity index (χ0n) is 14.1. The predicted molar refractivity (Wildman–Crippen MR) is 102 cm³/mol. The molecule has 125 valence electrons.